The summed E-state index contributed by atoms with van der Waals surface area (Å²) in [6, 6.07) is 8.28. The SMILES string of the molecule is CCc1ccc(CCC(=O)NCCC(C)C(=O)O)cc1. The van der Waals surface area contributed by atoms with Gasteiger partial charge in [0.25, 0.3) is 0 Å². The first-order valence-electron chi connectivity index (χ1n) is 7.10. The smallest absolute Gasteiger partial charge is 0.306 e. The third-order valence-electron chi connectivity index (χ3n) is 3.39. The van der Waals surface area contributed by atoms with Gasteiger partial charge in [-0.2, -0.15) is 0 Å². The number of aryl methyl sites for hydroxylation is 2. The molecule has 1 aromatic carbocycles. The molecule has 0 aliphatic heterocycles. The highest BCUT2D eigenvalue weighted by molar-refractivity contribution is 5.76. The van der Waals surface area contributed by atoms with E-state index in [4.69, 9.17) is 5.11 Å². The van der Waals surface area contributed by atoms with Crippen LogP contribution in [0.3, 0.4) is 0 Å². The van der Waals surface area contributed by atoms with Crippen LogP contribution < -0.4 is 5.32 Å². The lowest BCUT2D eigenvalue weighted by molar-refractivity contribution is -0.141. The number of hydrogen-bond donors (Lipinski definition) is 2. The summed E-state index contributed by atoms with van der Waals surface area (Å²) >= 11 is 0. The lowest BCUT2D eigenvalue weighted by Gasteiger charge is -2.08. The number of rotatable bonds is 8. The summed E-state index contributed by atoms with van der Waals surface area (Å²) in [5.74, 6) is -1.27. The van der Waals surface area contributed by atoms with Gasteiger partial charge in [-0.25, -0.2) is 0 Å². The maximum Gasteiger partial charge on any atom is 0.306 e. The molecular formula is C16H23NO3. The van der Waals surface area contributed by atoms with Crippen molar-refractivity contribution in [3.05, 3.63) is 35.4 Å². The van der Waals surface area contributed by atoms with Crippen LogP contribution in [0.5, 0.6) is 0 Å². The number of carboxylic acid groups (broad SMARTS) is 1. The standard InChI is InChI=1S/C16H23NO3/c1-3-13-4-6-14(7-5-13)8-9-15(18)17-11-10-12(2)16(19)20/h4-7,12H,3,8-11H2,1-2H3,(H,17,18)(H,19,20). The Morgan fingerprint density at radius 3 is 2.35 bits per heavy atom. The molecular weight excluding hydrogens is 254 g/mol. The molecule has 4 heteroatoms. The minimum absolute atomic E-state index is 0.0258. The van der Waals surface area contributed by atoms with Crippen molar-refractivity contribution in [1.29, 1.82) is 0 Å². The largest absolute Gasteiger partial charge is 0.481 e. The van der Waals surface area contributed by atoms with Gasteiger partial charge in [0, 0.05) is 13.0 Å². The van der Waals surface area contributed by atoms with Gasteiger partial charge in [0.1, 0.15) is 0 Å². The average molecular weight is 277 g/mol. The molecule has 0 bridgehead atoms. The van der Waals surface area contributed by atoms with E-state index in [-0.39, 0.29) is 5.91 Å². The number of benzene rings is 1. The Balaban J connectivity index is 2.23. The summed E-state index contributed by atoms with van der Waals surface area (Å²) in [5.41, 5.74) is 2.44. The van der Waals surface area contributed by atoms with Crippen LogP contribution in [0.25, 0.3) is 0 Å². The molecule has 0 saturated carbocycles. The number of carbonyl (C=O) groups excluding carboxylic acids is 1. The van der Waals surface area contributed by atoms with Crippen molar-refractivity contribution in [2.45, 2.75) is 39.5 Å². The molecule has 0 aliphatic rings. The minimum Gasteiger partial charge on any atom is -0.481 e. The number of aliphatic carboxylic acids is 1. The Morgan fingerprint density at radius 2 is 1.80 bits per heavy atom. The molecule has 110 valence electrons. The number of carboxylic acids is 1. The number of carbonyl (C=O) groups is 2. The van der Waals surface area contributed by atoms with E-state index < -0.39 is 11.9 Å². The van der Waals surface area contributed by atoms with E-state index in [0.717, 1.165) is 12.0 Å². The van der Waals surface area contributed by atoms with Crippen molar-refractivity contribution >= 4 is 11.9 Å². The van der Waals surface area contributed by atoms with Gasteiger partial charge in [-0.15, -0.1) is 0 Å². The lowest BCUT2D eigenvalue weighted by Crippen LogP contribution is -2.27. The van der Waals surface area contributed by atoms with Gasteiger partial charge in [-0.1, -0.05) is 38.1 Å². The predicted octanol–water partition coefficient (Wildman–Crippen LogP) is 2.41. The topological polar surface area (TPSA) is 66.4 Å². The first kappa shape index (κ1) is 16.2. The molecule has 1 aromatic rings. The third-order valence-corrected chi connectivity index (χ3v) is 3.39. The van der Waals surface area contributed by atoms with Crippen LogP contribution in [-0.4, -0.2) is 23.5 Å². The van der Waals surface area contributed by atoms with E-state index in [2.05, 4.69) is 36.5 Å². The summed E-state index contributed by atoms with van der Waals surface area (Å²) in [5, 5.41) is 11.5. The number of amides is 1. The summed E-state index contributed by atoms with van der Waals surface area (Å²) in [4.78, 5) is 22.3. The molecule has 2 N–H and O–H groups in total. The first-order chi connectivity index (χ1) is 9.52. The molecule has 1 atom stereocenters. The molecule has 20 heavy (non-hydrogen) atoms. The van der Waals surface area contributed by atoms with Crippen molar-refractivity contribution in [3.63, 3.8) is 0 Å². The fourth-order valence-corrected chi connectivity index (χ4v) is 1.84. The maximum atomic E-state index is 11.6. The number of nitrogens with one attached hydrogen (secondary N) is 1. The molecule has 0 heterocycles. The predicted molar refractivity (Wildman–Crippen MR) is 78.6 cm³/mol. The molecule has 0 spiro atoms. The highest BCUT2D eigenvalue weighted by Crippen LogP contribution is 2.07. The third kappa shape index (κ3) is 5.87. The van der Waals surface area contributed by atoms with Crippen molar-refractivity contribution in [2.24, 2.45) is 5.92 Å². The monoisotopic (exact) mass is 277 g/mol. The highest BCUT2D eigenvalue weighted by Gasteiger charge is 2.10. The maximum absolute atomic E-state index is 11.6. The van der Waals surface area contributed by atoms with Crippen LogP contribution in [0.4, 0.5) is 0 Å². The van der Waals surface area contributed by atoms with Crippen LogP contribution in [0, 0.1) is 5.92 Å². The first-order valence-corrected chi connectivity index (χ1v) is 7.10. The minimum atomic E-state index is -0.824. The van der Waals surface area contributed by atoms with E-state index in [9.17, 15) is 9.59 Å². The fourth-order valence-electron chi connectivity index (χ4n) is 1.84. The molecule has 0 aromatic heterocycles. The second-order valence-corrected chi connectivity index (χ2v) is 5.05. The zero-order valence-electron chi connectivity index (χ0n) is 12.2. The van der Waals surface area contributed by atoms with E-state index in [1.807, 2.05) is 0 Å². The van der Waals surface area contributed by atoms with Gasteiger partial charge < -0.3 is 10.4 Å². The van der Waals surface area contributed by atoms with Gasteiger partial charge in [0.2, 0.25) is 5.91 Å². The molecule has 0 aliphatic carbocycles. The number of hydrogen-bond acceptors (Lipinski definition) is 2. The average Bonchev–Trinajstić information content (AvgIpc) is 2.45. The normalized spacial score (nSPS) is 11.9. The van der Waals surface area contributed by atoms with Crippen molar-refractivity contribution < 1.29 is 14.7 Å². The summed E-state index contributed by atoms with van der Waals surface area (Å²) in [6.07, 6.45) is 2.63. The quantitative estimate of drug-likeness (QED) is 0.767. The van der Waals surface area contributed by atoms with Gasteiger partial charge in [-0.05, 0) is 30.4 Å². The Labute approximate surface area is 120 Å². The van der Waals surface area contributed by atoms with E-state index in [1.165, 1.54) is 5.56 Å². The molecule has 0 radical (unpaired) electrons. The van der Waals surface area contributed by atoms with Crippen LogP contribution in [0.15, 0.2) is 24.3 Å². The summed E-state index contributed by atoms with van der Waals surface area (Å²) in [7, 11) is 0. The van der Waals surface area contributed by atoms with E-state index >= 15 is 0 Å². The molecule has 1 amide bonds. The van der Waals surface area contributed by atoms with Crippen LogP contribution >= 0.6 is 0 Å². The van der Waals surface area contributed by atoms with Crippen molar-refractivity contribution in [1.82, 2.24) is 5.32 Å². The molecule has 1 rings (SSSR count). The Kier molecular flexibility index (Phi) is 6.77. The van der Waals surface area contributed by atoms with Gasteiger partial charge in [-0.3, -0.25) is 9.59 Å². The Morgan fingerprint density at radius 1 is 1.20 bits per heavy atom. The van der Waals surface area contributed by atoms with E-state index in [1.54, 1.807) is 6.92 Å². The van der Waals surface area contributed by atoms with Crippen molar-refractivity contribution in [2.75, 3.05) is 6.54 Å². The zero-order valence-corrected chi connectivity index (χ0v) is 12.2. The Hall–Kier alpha value is -1.84. The fraction of sp³-hybridized carbons (Fsp3) is 0.500. The second-order valence-electron chi connectivity index (χ2n) is 5.05. The molecule has 1 unspecified atom stereocenters. The summed E-state index contributed by atoms with van der Waals surface area (Å²) < 4.78 is 0. The van der Waals surface area contributed by atoms with Gasteiger partial charge >= 0.3 is 5.97 Å². The second kappa shape index (κ2) is 8.35. The van der Waals surface area contributed by atoms with Gasteiger partial charge in [0.05, 0.1) is 5.92 Å². The Bertz CT molecular complexity index is 440. The van der Waals surface area contributed by atoms with Crippen LogP contribution in [0.2, 0.25) is 0 Å². The molecule has 0 fully saturated rings. The molecule has 0 saturated heterocycles. The van der Waals surface area contributed by atoms with Crippen LogP contribution in [-0.2, 0) is 22.4 Å². The van der Waals surface area contributed by atoms with Gasteiger partial charge in [0.15, 0.2) is 0 Å². The van der Waals surface area contributed by atoms with Crippen molar-refractivity contribution in [3.8, 4) is 0 Å². The van der Waals surface area contributed by atoms with E-state index in [0.29, 0.717) is 25.8 Å². The highest BCUT2D eigenvalue weighted by atomic mass is 16.4. The molecule has 4 nitrogen and oxygen atoms in total. The zero-order chi connectivity index (χ0) is 15.0. The van der Waals surface area contributed by atoms with Crippen LogP contribution in [0.1, 0.15) is 37.8 Å². The lowest BCUT2D eigenvalue weighted by atomic mass is 10.1. The summed E-state index contributed by atoms with van der Waals surface area (Å²) in [6.45, 7) is 4.17.